The van der Waals surface area contributed by atoms with Crippen molar-refractivity contribution in [2.45, 2.75) is 38.6 Å². The van der Waals surface area contributed by atoms with E-state index < -0.39 is 0 Å². The van der Waals surface area contributed by atoms with Gasteiger partial charge >= 0.3 is 0 Å². The van der Waals surface area contributed by atoms with Crippen molar-refractivity contribution in [3.8, 4) is 0 Å². The molecule has 0 bridgehead atoms. The lowest BCUT2D eigenvalue weighted by Gasteiger charge is -2.31. The molecule has 2 atom stereocenters. The van der Waals surface area contributed by atoms with E-state index in [0.29, 0.717) is 25.4 Å². The minimum Gasteiger partial charge on any atom is -0.354 e. The van der Waals surface area contributed by atoms with Crippen LogP contribution in [0.1, 0.15) is 32.6 Å². The van der Waals surface area contributed by atoms with Crippen molar-refractivity contribution in [1.29, 1.82) is 0 Å². The van der Waals surface area contributed by atoms with E-state index in [2.05, 4.69) is 17.6 Å². The molecule has 2 amide bonds. The largest absolute Gasteiger partial charge is 0.354 e. The predicted molar refractivity (Wildman–Crippen MR) is 69.0 cm³/mol. The number of carbonyl (C=O) groups excluding carboxylic acids is 2. The van der Waals surface area contributed by atoms with Gasteiger partial charge in [0.2, 0.25) is 11.8 Å². The van der Waals surface area contributed by atoms with Crippen LogP contribution in [0.3, 0.4) is 0 Å². The van der Waals surface area contributed by atoms with E-state index in [1.807, 2.05) is 0 Å². The Kier molecular flexibility index (Phi) is 4.58. The highest BCUT2D eigenvalue weighted by Crippen LogP contribution is 2.19. The van der Waals surface area contributed by atoms with Gasteiger partial charge < -0.3 is 15.5 Å². The van der Waals surface area contributed by atoms with Crippen LogP contribution in [0, 0.1) is 5.92 Å². The van der Waals surface area contributed by atoms with Crippen LogP contribution in [-0.2, 0) is 9.59 Å². The average Bonchev–Trinajstić information content (AvgIpc) is 2.57. The molecule has 2 heterocycles. The number of piperidine rings is 1. The second-order valence-electron chi connectivity index (χ2n) is 5.40. The van der Waals surface area contributed by atoms with Crippen molar-refractivity contribution in [2.75, 3.05) is 26.2 Å². The fourth-order valence-corrected chi connectivity index (χ4v) is 2.72. The van der Waals surface area contributed by atoms with Crippen LogP contribution in [0.5, 0.6) is 0 Å². The number of hydrogen-bond acceptors (Lipinski definition) is 3. The summed E-state index contributed by atoms with van der Waals surface area (Å²) in [7, 11) is 0. The lowest BCUT2D eigenvalue weighted by Crippen LogP contribution is -2.45. The maximum atomic E-state index is 12.2. The molecule has 0 saturated carbocycles. The summed E-state index contributed by atoms with van der Waals surface area (Å²) in [5.74, 6) is 0.618. The van der Waals surface area contributed by atoms with Crippen LogP contribution < -0.4 is 10.6 Å². The molecule has 0 aliphatic carbocycles. The standard InChI is InChI=1S/C13H23N3O2/c1-10-4-2-5-14-11(10)8-13(18)16-7-3-6-15-12(17)9-16/h10-11,14H,2-9H2,1H3,(H,15,17). The highest BCUT2D eigenvalue weighted by molar-refractivity contribution is 5.85. The van der Waals surface area contributed by atoms with Gasteiger partial charge in [-0.25, -0.2) is 0 Å². The molecule has 2 aliphatic rings. The fraction of sp³-hybridized carbons (Fsp3) is 0.846. The summed E-state index contributed by atoms with van der Waals surface area (Å²) in [6, 6.07) is 0.276. The van der Waals surface area contributed by atoms with Crippen molar-refractivity contribution >= 4 is 11.8 Å². The third-order valence-electron chi connectivity index (χ3n) is 3.94. The molecule has 5 heteroatoms. The summed E-state index contributed by atoms with van der Waals surface area (Å²) in [5, 5.41) is 6.21. The topological polar surface area (TPSA) is 61.4 Å². The Morgan fingerprint density at radius 3 is 3.00 bits per heavy atom. The first-order chi connectivity index (χ1) is 8.66. The third kappa shape index (κ3) is 3.45. The monoisotopic (exact) mass is 253 g/mol. The van der Waals surface area contributed by atoms with Gasteiger partial charge in [-0.05, 0) is 31.7 Å². The molecule has 0 aromatic rings. The Bertz CT molecular complexity index is 319. The molecule has 2 unspecified atom stereocenters. The van der Waals surface area contributed by atoms with Crippen molar-refractivity contribution < 1.29 is 9.59 Å². The fourth-order valence-electron chi connectivity index (χ4n) is 2.72. The second-order valence-corrected chi connectivity index (χ2v) is 5.40. The molecule has 2 fully saturated rings. The van der Waals surface area contributed by atoms with Crippen molar-refractivity contribution in [3.63, 3.8) is 0 Å². The Labute approximate surface area is 108 Å². The zero-order chi connectivity index (χ0) is 13.0. The Balaban J connectivity index is 1.87. The van der Waals surface area contributed by atoms with Crippen LogP contribution in [0.4, 0.5) is 0 Å². The van der Waals surface area contributed by atoms with E-state index >= 15 is 0 Å². The maximum absolute atomic E-state index is 12.2. The first kappa shape index (κ1) is 13.3. The molecular weight excluding hydrogens is 230 g/mol. The molecule has 18 heavy (non-hydrogen) atoms. The second kappa shape index (κ2) is 6.18. The lowest BCUT2D eigenvalue weighted by atomic mass is 9.90. The minimum atomic E-state index is -0.0366. The number of hydrogen-bond donors (Lipinski definition) is 2. The van der Waals surface area contributed by atoms with Crippen LogP contribution >= 0.6 is 0 Å². The summed E-state index contributed by atoms with van der Waals surface area (Å²) in [6.45, 7) is 4.79. The molecule has 2 N–H and O–H groups in total. The summed E-state index contributed by atoms with van der Waals surface area (Å²) < 4.78 is 0. The third-order valence-corrected chi connectivity index (χ3v) is 3.94. The van der Waals surface area contributed by atoms with Gasteiger partial charge in [-0.2, -0.15) is 0 Å². The SMILES string of the molecule is CC1CCCNC1CC(=O)N1CCCNC(=O)C1. The molecule has 2 aliphatic heterocycles. The van der Waals surface area contributed by atoms with E-state index in [1.165, 1.54) is 12.8 Å². The molecule has 102 valence electrons. The van der Waals surface area contributed by atoms with E-state index in [0.717, 1.165) is 13.0 Å². The van der Waals surface area contributed by atoms with Crippen LogP contribution in [0.15, 0.2) is 0 Å². The normalized spacial score (nSPS) is 29.6. The van der Waals surface area contributed by atoms with Crippen molar-refractivity contribution in [2.24, 2.45) is 5.92 Å². The molecular formula is C13H23N3O2. The highest BCUT2D eigenvalue weighted by Gasteiger charge is 2.27. The number of carbonyl (C=O) groups is 2. The Hall–Kier alpha value is -1.10. The van der Waals surface area contributed by atoms with Gasteiger partial charge in [0.15, 0.2) is 0 Å². The Morgan fingerprint density at radius 1 is 1.39 bits per heavy atom. The van der Waals surface area contributed by atoms with Crippen LogP contribution in [0.2, 0.25) is 0 Å². The minimum absolute atomic E-state index is 0.0366. The average molecular weight is 253 g/mol. The van der Waals surface area contributed by atoms with Crippen LogP contribution in [-0.4, -0.2) is 48.9 Å². The van der Waals surface area contributed by atoms with Gasteiger partial charge in [0.25, 0.3) is 0 Å². The van der Waals surface area contributed by atoms with E-state index in [9.17, 15) is 9.59 Å². The molecule has 5 nitrogen and oxygen atoms in total. The van der Waals surface area contributed by atoms with Gasteiger partial charge in [0, 0.05) is 25.6 Å². The summed E-state index contributed by atoms with van der Waals surface area (Å²) in [4.78, 5) is 25.3. The number of amides is 2. The highest BCUT2D eigenvalue weighted by atomic mass is 16.2. The molecule has 0 radical (unpaired) electrons. The van der Waals surface area contributed by atoms with Gasteiger partial charge in [-0.1, -0.05) is 6.92 Å². The molecule has 2 rings (SSSR count). The predicted octanol–water partition coefficient (Wildman–Crippen LogP) is 0.113. The number of nitrogens with one attached hydrogen (secondary N) is 2. The summed E-state index contributed by atoms with van der Waals surface area (Å²) in [5.41, 5.74) is 0. The van der Waals surface area contributed by atoms with Crippen molar-refractivity contribution in [1.82, 2.24) is 15.5 Å². The van der Waals surface area contributed by atoms with Crippen LogP contribution in [0.25, 0.3) is 0 Å². The summed E-state index contributed by atoms with van der Waals surface area (Å²) >= 11 is 0. The zero-order valence-electron chi connectivity index (χ0n) is 11.1. The molecule has 0 aromatic heterocycles. The Morgan fingerprint density at radius 2 is 2.22 bits per heavy atom. The number of nitrogens with zero attached hydrogens (tertiary/aromatic N) is 1. The van der Waals surface area contributed by atoms with Gasteiger partial charge in [0.05, 0.1) is 6.54 Å². The van der Waals surface area contributed by atoms with Crippen molar-refractivity contribution in [3.05, 3.63) is 0 Å². The first-order valence-corrected chi connectivity index (χ1v) is 6.94. The maximum Gasteiger partial charge on any atom is 0.239 e. The molecule has 0 aromatic carbocycles. The molecule has 2 saturated heterocycles. The number of rotatable bonds is 2. The van der Waals surface area contributed by atoms with Gasteiger partial charge in [0.1, 0.15) is 0 Å². The smallest absolute Gasteiger partial charge is 0.239 e. The lowest BCUT2D eigenvalue weighted by molar-refractivity contribution is -0.136. The van der Waals surface area contributed by atoms with E-state index in [-0.39, 0.29) is 24.4 Å². The quantitative estimate of drug-likeness (QED) is 0.734. The molecule has 0 spiro atoms. The van der Waals surface area contributed by atoms with Gasteiger partial charge in [-0.15, -0.1) is 0 Å². The van der Waals surface area contributed by atoms with Gasteiger partial charge in [-0.3, -0.25) is 9.59 Å². The zero-order valence-corrected chi connectivity index (χ0v) is 11.1. The van der Waals surface area contributed by atoms with E-state index in [1.54, 1.807) is 4.90 Å². The van der Waals surface area contributed by atoms with E-state index in [4.69, 9.17) is 0 Å². The first-order valence-electron chi connectivity index (χ1n) is 6.94. The summed E-state index contributed by atoms with van der Waals surface area (Å²) in [6.07, 6.45) is 3.75.